The molecule has 0 spiro atoms. The first kappa shape index (κ1) is 18.6. The molecule has 1 amide bonds. The summed E-state index contributed by atoms with van der Waals surface area (Å²) < 4.78 is 11.7. The monoisotopic (exact) mass is 388 g/mol. The zero-order valence-corrected chi connectivity index (χ0v) is 15.4. The minimum Gasteiger partial charge on any atom is -0.490 e. The van der Waals surface area contributed by atoms with Gasteiger partial charge in [-0.1, -0.05) is 23.2 Å². The second kappa shape index (κ2) is 8.45. The molecule has 1 atom stereocenters. The number of halogens is 2. The van der Waals surface area contributed by atoms with Crippen molar-refractivity contribution >= 4 is 29.3 Å². The van der Waals surface area contributed by atoms with Crippen LogP contribution in [0.1, 0.15) is 12.8 Å². The maximum absolute atomic E-state index is 11.1. The second-order valence-electron chi connectivity index (χ2n) is 6.42. The van der Waals surface area contributed by atoms with Gasteiger partial charge in [-0.15, -0.1) is 0 Å². The molecule has 8 heteroatoms. The van der Waals surface area contributed by atoms with Gasteiger partial charge in [-0.25, -0.2) is 4.79 Å². The van der Waals surface area contributed by atoms with Crippen molar-refractivity contribution in [2.45, 2.75) is 25.0 Å². The van der Waals surface area contributed by atoms with Crippen LogP contribution < -0.4 is 4.74 Å². The molecular weight excluding hydrogens is 367 g/mol. The van der Waals surface area contributed by atoms with Crippen molar-refractivity contribution in [1.82, 2.24) is 9.80 Å². The van der Waals surface area contributed by atoms with E-state index in [0.29, 0.717) is 29.7 Å². The molecular formula is C17H22Cl2N2O4. The third kappa shape index (κ3) is 5.14. The third-order valence-corrected chi connectivity index (χ3v) is 5.34. The van der Waals surface area contributed by atoms with Crippen LogP contribution in [0.4, 0.5) is 4.79 Å². The summed E-state index contributed by atoms with van der Waals surface area (Å²) in [7, 11) is 0. The van der Waals surface area contributed by atoms with Crippen molar-refractivity contribution in [3.8, 4) is 5.75 Å². The molecule has 0 saturated carbocycles. The standard InChI is InChI=1S/C17H22Cl2N2O4/c18-15-2-1-13(9-16(15)19)25-12-3-5-20(6-4-12)10-14-11-21(17(22)23)7-8-24-14/h1-2,9,12,14H,3-8,10-11H2,(H,22,23). The molecule has 2 fully saturated rings. The van der Waals surface area contributed by atoms with E-state index in [2.05, 4.69) is 4.90 Å². The van der Waals surface area contributed by atoms with Crippen LogP contribution in [0, 0.1) is 0 Å². The van der Waals surface area contributed by atoms with Crippen LogP contribution in [0.2, 0.25) is 10.0 Å². The van der Waals surface area contributed by atoms with E-state index < -0.39 is 6.09 Å². The first-order chi connectivity index (χ1) is 12.0. The average molecular weight is 389 g/mol. The van der Waals surface area contributed by atoms with E-state index in [1.165, 1.54) is 4.90 Å². The molecule has 138 valence electrons. The predicted octanol–water partition coefficient (Wildman–Crippen LogP) is 3.22. The third-order valence-electron chi connectivity index (χ3n) is 4.60. The molecule has 1 aromatic carbocycles. The molecule has 0 aliphatic carbocycles. The molecule has 2 aliphatic heterocycles. The zero-order chi connectivity index (χ0) is 17.8. The number of hydrogen-bond donors (Lipinski definition) is 1. The predicted molar refractivity (Wildman–Crippen MR) is 95.9 cm³/mol. The highest BCUT2D eigenvalue weighted by Gasteiger charge is 2.28. The number of carbonyl (C=O) groups is 1. The van der Waals surface area contributed by atoms with E-state index in [1.54, 1.807) is 12.1 Å². The Morgan fingerprint density at radius 1 is 1.24 bits per heavy atom. The maximum Gasteiger partial charge on any atom is 0.407 e. The highest BCUT2D eigenvalue weighted by atomic mass is 35.5. The van der Waals surface area contributed by atoms with Crippen LogP contribution in [0.15, 0.2) is 18.2 Å². The van der Waals surface area contributed by atoms with E-state index in [4.69, 9.17) is 37.8 Å². The lowest BCUT2D eigenvalue weighted by Gasteiger charge is -2.37. The molecule has 0 radical (unpaired) electrons. The Labute approximate surface area is 157 Å². The average Bonchev–Trinajstić information content (AvgIpc) is 2.60. The van der Waals surface area contributed by atoms with Gasteiger partial charge in [-0.05, 0) is 25.0 Å². The van der Waals surface area contributed by atoms with Gasteiger partial charge in [0.2, 0.25) is 0 Å². The molecule has 1 unspecified atom stereocenters. The largest absolute Gasteiger partial charge is 0.490 e. The highest BCUT2D eigenvalue weighted by Crippen LogP contribution is 2.28. The Balaban J connectivity index is 1.44. The summed E-state index contributed by atoms with van der Waals surface area (Å²) in [6, 6.07) is 5.31. The van der Waals surface area contributed by atoms with Crippen LogP contribution in [0.5, 0.6) is 5.75 Å². The van der Waals surface area contributed by atoms with Crippen molar-refractivity contribution in [3.63, 3.8) is 0 Å². The fourth-order valence-corrected chi connectivity index (χ4v) is 3.53. The van der Waals surface area contributed by atoms with Crippen molar-refractivity contribution in [3.05, 3.63) is 28.2 Å². The topological polar surface area (TPSA) is 62.2 Å². The van der Waals surface area contributed by atoms with E-state index in [-0.39, 0.29) is 12.2 Å². The summed E-state index contributed by atoms with van der Waals surface area (Å²) in [6.07, 6.45) is 1.04. The lowest BCUT2D eigenvalue weighted by atomic mass is 10.1. The summed E-state index contributed by atoms with van der Waals surface area (Å²) in [5.41, 5.74) is 0. The van der Waals surface area contributed by atoms with Gasteiger partial charge < -0.3 is 24.4 Å². The summed E-state index contributed by atoms with van der Waals surface area (Å²) in [6.45, 7) is 3.91. The first-order valence-corrected chi connectivity index (χ1v) is 9.20. The number of amides is 1. The van der Waals surface area contributed by atoms with Gasteiger partial charge in [0.05, 0.1) is 29.3 Å². The Bertz CT molecular complexity index is 608. The van der Waals surface area contributed by atoms with Crippen LogP contribution in [-0.4, -0.2) is 72.5 Å². The molecule has 1 aromatic rings. The number of nitrogens with zero attached hydrogens (tertiary/aromatic N) is 2. The van der Waals surface area contributed by atoms with E-state index in [9.17, 15) is 4.79 Å². The van der Waals surface area contributed by atoms with Gasteiger partial charge in [0.15, 0.2) is 0 Å². The van der Waals surface area contributed by atoms with Crippen LogP contribution in [0.3, 0.4) is 0 Å². The Morgan fingerprint density at radius 2 is 2.00 bits per heavy atom. The van der Waals surface area contributed by atoms with Crippen LogP contribution >= 0.6 is 23.2 Å². The highest BCUT2D eigenvalue weighted by molar-refractivity contribution is 6.42. The summed E-state index contributed by atoms with van der Waals surface area (Å²) in [5, 5.41) is 10.1. The summed E-state index contributed by atoms with van der Waals surface area (Å²) in [5.74, 6) is 0.737. The Morgan fingerprint density at radius 3 is 2.68 bits per heavy atom. The molecule has 6 nitrogen and oxygen atoms in total. The summed E-state index contributed by atoms with van der Waals surface area (Å²) >= 11 is 11.9. The van der Waals surface area contributed by atoms with E-state index >= 15 is 0 Å². The quantitative estimate of drug-likeness (QED) is 0.857. The number of benzene rings is 1. The fraction of sp³-hybridized carbons (Fsp3) is 0.588. The van der Waals surface area contributed by atoms with Gasteiger partial charge in [0.25, 0.3) is 0 Å². The first-order valence-electron chi connectivity index (χ1n) is 8.45. The van der Waals surface area contributed by atoms with Gasteiger partial charge in [0.1, 0.15) is 11.9 Å². The number of morpholine rings is 1. The van der Waals surface area contributed by atoms with Crippen molar-refractivity contribution in [2.75, 3.05) is 39.3 Å². The second-order valence-corrected chi connectivity index (χ2v) is 7.23. The van der Waals surface area contributed by atoms with Gasteiger partial charge in [0, 0.05) is 32.2 Å². The van der Waals surface area contributed by atoms with Gasteiger partial charge in [-0.3, -0.25) is 0 Å². The molecule has 2 aliphatic rings. The lowest BCUT2D eigenvalue weighted by molar-refractivity contribution is -0.0424. The molecule has 2 heterocycles. The number of piperidine rings is 1. The van der Waals surface area contributed by atoms with Crippen molar-refractivity contribution in [2.24, 2.45) is 0 Å². The van der Waals surface area contributed by atoms with E-state index in [1.807, 2.05) is 6.07 Å². The molecule has 25 heavy (non-hydrogen) atoms. The zero-order valence-electron chi connectivity index (χ0n) is 13.9. The SMILES string of the molecule is O=C(O)N1CCOC(CN2CCC(Oc3ccc(Cl)c(Cl)c3)CC2)C1. The number of rotatable bonds is 4. The van der Waals surface area contributed by atoms with E-state index in [0.717, 1.165) is 38.2 Å². The molecule has 3 rings (SSSR count). The normalized spacial score (nSPS) is 22.8. The number of hydrogen-bond acceptors (Lipinski definition) is 4. The van der Waals surface area contributed by atoms with Gasteiger partial charge >= 0.3 is 6.09 Å². The fourth-order valence-electron chi connectivity index (χ4n) is 3.24. The van der Waals surface area contributed by atoms with Crippen LogP contribution in [-0.2, 0) is 4.74 Å². The lowest BCUT2D eigenvalue weighted by Crippen LogP contribution is -2.50. The maximum atomic E-state index is 11.1. The Hall–Kier alpha value is -1.21. The minimum atomic E-state index is -0.873. The smallest absolute Gasteiger partial charge is 0.407 e. The minimum absolute atomic E-state index is 0.0580. The molecule has 1 N–H and O–H groups in total. The van der Waals surface area contributed by atoms with Crippen molar-refractivity contribution < 1.29 is 19.4 Å². The molecule has 0 bridgehead atoms. The Kier molecular flexibility index (Phi) is 6.28. The van der Waals surface area contributed by atoms with Gasteiger partial charge in [-0.2, -0.15) is 0 Å². The number of ether oxygens (including phenoxy) is 2. The van der Waals surface area contributed by atoms with Crippen molar-refractivity contribution in [1.29, 1.82) is 0 Å². The number of likely N-dealkylation sites (tertiary alicyclic amines) is 1. The summed E-state index contributed by atoms with van der Waals surface area (Å²) in [4.78, 5) is 14.8. The molecule has 2 saturated heterocycles. The van der Waals surface area contributed by atoms with Crippen LogP contribution in [0.25, 0.3) is 0 Å². The molecule has 0 aromatic heterocycles. The number of carboxylic acid groups (broad SMARTS) is 1.